The highest BCUT2D eigenvalue weighted by Crippen LogP contribution is 2.33. The largest absolute Gasteiger partial charge is 0.466 e. The van der Waals surface area contributed by atoms with Gasteiger partial charge in [0, 0.05) is 17.9 Å². The van der Waals surface area contributed by atoms with Gasteiger partial charge in [-0.25, -0.2) is 14.8 Å². The van der Waals surface area contributed by atoms with Crippen molar-refractivity contribution in [1.82, 2.24) is 9.55 Å². The molecule has 0 N–H and O–H groups in total. The molecule has 0 amide bonds. The highest BCUT2D eigenvalue weighted by atomic mass is 32.3. The van der Waals surface area contributed by atoms with E-state index in [1.165, 1.54) is 19.2 Å². The number of hydrogen-bond donors (Lipinski definition) is 0. The van der Waals surface area contributed by atoms with E-state index in [4.69, 9.17) is 9.47 Å². The number of ether oxygens (including phenoxy) is 3. The van der Waals surface area contributed by atoms with Gasteiger partial charge in [-0.15, -0.1) is 0 Å². The summed E-state index contributed by atoms with van der Waals surface area (Å²) in [4.78, 5) is 26.0. The van der Waals surface area contributed by atoms with Crippen molar-refractivity contribution in [2.75, 3.05) is 44.8 Å². The molecule has 2 aromatic rings. The lowest BCUT2D eigenvalue weighted by atomic mass is 10.3. The summed E-state index contributed by atoms with van der Waals surface area (Å²) >= 11 is 0. The number of carbonyl (C=O) groups is 1. The van der Waals surface area contributed by atoms with Crippen molar-refractivity contribution < 1.29 is 23.9 Å². The smallest absolute Gasteiger partial charge is 0.344 e. The molecule has 26 heavy (non-hydrogen) atoms. The highest BCUT2D eigenvalue weighted by molar-refractivity contribution is 8.32. The Labute approximate surface area is 152 Å². The Bertz CT molecular complexity index is 799. The van der Waals surface area contributed by atoms with Crippen LogP contribution in [0.4, 0.5) is 5.69 Å². The fourth-order valence-corrected chi connectivity index (χ4v) is 2.71. The van der Waals surface area contributed by atoms with E-state index in [2.05, 4.69) is 28.5 Å². The van der Waals surface area contributed by atoms with Crippen molar-refractivity contribution in [3.63, 3.8) is 0 Å². The van der Waals surface area contributed by atoms with E-state index in [-0.39, 0.29) is 25.0 Å². The fraction of sp³-hybridized carbons (Fsp3) is 0.500. The van der Waals surface area contributed by atoms with Crippen LogP contribution in [0.5, 0.6) is 6.01 Å². The molecule has 144 valence electrons. The minimum atomic E-state index is -0.675. The van der Waals surface area contributed by atoms with E-state index in [0.717, 1.165) is 5.75 Å². The lowest BCUT2D eigenvalue weighted by Gasteiger charge is -2.24. The second-order valence-corrected chi connectivity index (χ2v) is 11.0. The van der Waals surface area contributed by atoms with Crippen molar-refractivity contribution in [3.05, 3.63) is 28.3 Å². The molecule has 2 rings (SSSR count). The molecule has 0 saturated heterocycles. The van der Waals surface area contributed by atoms with Crippen LogP contribution in [0.15, 0.2) is 18.2 Å². The van der Waals surface area contributed by atoms with E-state index < -0.39 is 20.9 Å². The molecule has 10 heteroatoms. The maximum Gasteiger partial charge on any atom is 0.344 e. The second kappa shape index (κ2) is 8.37. The summed E-state index contributed by atoms with van der Waals surface area (Å²) in [6.07, 6.45) is 6.60. The molecule has 9 nitrogen and oxygen atoms in total. The van der Waals surface area contributed by atoms with Gasteiger partial charge in [0.05, 0.1) is 29.7 Å². The molecule has 0 aliphatic heterocycles. The summed E-state index contributed by atoms with van der Waals surface area (Å²) in [6.45, 7) is 0.427. The van der Waals surface area contributed by atoms with Crippen LogP contribution < -0.4 is 4.74 Å². The number of benzene rings is 1. The summed E-state index contributed by atoms with van der Waals surface area (Å²) in [5, 5.41) is 11.0. The van der Waals surface area contributed by atoms with Gasteiger partial charge in [-0.2, -0.15) is 4.98 Å². The Hall–Kier alpha value is -2.33. The molecule has 0 spiro atoms. The first-order valence-electron chi connectivity index (χ1n) is 7.79. The number of methoxy groups -OCH3 is 1. The standard InChI is InChI=1S/C16H23N3O6S/c1-23-15(20)10-25-16-17-13-9-12(19(21)22)5-6-14(13)18(16)11-24-7-8-26(2,3)4/h5-6,9H,7-8,10-11H2,1-4H3. The first-order valence-corrected chi connectivity index (χ1v) is 10.8. The van der Waals surface area contributed by atoms with Gasteiger partial charge in [0.25, 0.3) is 11.7 Å². The van der Waals surface area contributed by atoms with Gasteiger partial charge in [-0.05, 0) is 24.8 Å². The molecule has 0 unspecified atom stereocenters. The number of rotatable bonds is 9. The maximum absolute atomic E-state index is 11.3. The number of carbonyl (C=O) groups excluding carboxylic acids is 1. The number of nitro groups is 1. The van der Waals surface area contributed by atoms with Crippen molar-refractivity contribution in [3.8, 4) is 6.01 Å². The average Bonchev–Trinajstić information content (AvgIpc) is 2.92. The number of hydrogen-bond acceptors (Lipinski definition) is 7. The lowest BCUT2D eigenvalue weighted by Crippen LogP contribution is -2.16. The Balaban J connectivity index is 2.24. The fourth-order valence-electron chi connectivity index (χ4n) is 2.09. The molecule has 1 aromatic heterocycles. The average molecular weight is 385 g/mol. The number of aromatic nitrogens is 2. The van der Waals surface area contributed by atoms with Crippen LogP contribution in [0.2, 0.25) is 0 Å². The molecule has 0 aliphatic carbocycles. The van der Waals surface area contributed by atoms with Crippen LogP contribution in [0.3, 0.4) is 0 Å². The number of fused-ring (bicyclic) bond motifs is 1. The minimum absolute atomic E-state index is 0.0704. The molecule has 1 aromatic carbocycles. The zero-order chi connectivity index (χ0) is 19.3. The summed E-state index contributed by atoms with van der Waals surface area (Å²) in [5.74, 6) is 0.399. The van der Waals surface area contributed by atoms with Crippen LogP contribution in [-0.2, 0) is 21.0 Å². The van der Waals surface area contributed by atoms with Crippen molar-refractivity contribution in [2.45, 2.75) is 6.73 Å². The van der Waals surface area contributed by atoms with Crippen molar-refractivity contribution in [2.24, 2.45) is 0 Å². The minimum Gasteiger partial charge on any atom is -0.466 e. The van der Waals surface area contributed by atoms with Gasteiger partial charge in [-0.3, -0.25) is 14.7 Å². The third kappa shape index (κ3) is 5.33. The molecule has 0 aliphatic rings. The van der Waals surface area contributed by atoms with Gasteiger partial charge < -0.3 is 14.2 Å². The van der Waals surface area contributed by atoms with Crippen LogP contribution in [-0.4, -0.2) is 65.3 Å². The monoisotopic (exact) mass is 385 g/mol. The molecular weight excluding hydrogens is 362 g/mol. The molecular formula is C16H23N3O6S. The van der Waals surface area contributed by atoms with E-state index >= 15 is 0 Å². The van der Waals surface area contributed by atoms with Crippen molar-refractivity contribution in [1.29, 1.82) is 0 Å². The summed E-state index contributed by atoms with van der Waals surface area (Å²) < 4.78 is 17.3. The molecule has 0 saturated carbocycles. The summed E-state index contributed by atoms with van der Waals surface area (Å²) in [7, 11) is 0.585. The Morgan fingerprint density at radius 3 is 2.69 bits per heavy atom. The number of esters is 1. The van der Waals surface area contributed by atoms with E-state index in [1.807, 2.05) is 0 Å². The van der Waals surface area contributed by atoms with E-state index in [1.54, 1.807) is 10.6 Å². The first kappa shape index (κ1) is 20.0. The number of non-ortho nitro benzene ring substituents is 1. The predicted molar refractivity (Wildman–Crippen MR) is 100 cm³/mol. The number of nitro benzene ring substituents is 1. The van der Waals surface area contributed by atoms with Gasteiger partial charge in [-0.1, -0.05) is 0 Å². The maximum atomic E-state index is 11.3. The second-order valence-electron chi connectivity index (χ2n) is 6.45. The predicted octanol–water partition coefficient (Wildman–Crippen LogP) is 2.16. The van der Waals surface area contributed by atoms with Crippen LogP contribution in [0, 0.1) is 10.1 Å². The molecule has 1 heterocycles. The quantitative estimate of drug-likeness (QED) is 0.282. The van der Waals surface area contributed by atoms with E-state index in [9.17, 15) is 14.9 Å². The molecule has 0 radical (unpaired) electrons. The topological polar surface area (TPSA) is 106 Å². The van der Waals surface area contributed by atoms with Gasteiger partial charge in [0.15, 0.2) is 6.61 Å². The molecule has 0 bridgehead atoms. The third-order valence-corrected chi connectivity index (χ3v) is 4.91. The summed E-state index contributed by atoms with van der Waals surface area (Å²) in [5.41, 5.74) is 0.946. The first-order chi connectivity index (χ1) is 12.2. The number of nitrogens with zero attached hydrogens (tertiary/aromatic N) is 3. The molecule has 0 fully saturated rings. The van der Waals surface area contributed by atoms with E-state index in [0.29, 0.717) is 17.6 Å². The normalized spacial score (nSPS) is 12.2. The Morgan fingerprint density at radius 1 is 1.35 bits per heavy atom. The van der Waals surface area contributed by atoms with Gasteiger partial charge in [0.2, 0.25) is 0 Å². The zero-order valence-corrected chi connectivity index (χ0v) is 16.1. The Morgan fingerprint density at radius 2 is 2.08 bits per heavy atom. The van der Waals surface area contributed by atoms with Crippen molar-refractivity contribution >= 4 is 32.7 Å². The zero-order valence-electron chi connectivity index (χ0n) is 15.3. The van der Waals surface area contributed by atoms with Crippen LogP contribution in [0.25, 0.3) is 11.0 Å². The lowest BCUT2D eigenvalue weighted by molar-refractivity contribution is -0.384. The Kier molecular flexibility index (Phi) is 6.43. The SMILES string of the molecule is COC(=O)COc1nc2cc([N+](=O)[O-])ccc2n1COCCS(C)(C)C. The third-order valence-electron chi connectivity index (χ3n) is 3.51. The number of imidazole rings is 1. The highest BCUT2D eigenvalue weighted by Gasteiger charge is 2.17. The summed E-state index contributed by atoms with van der Waals surface area (Å²) in [6, 6.07) is 4.48. The van der Waals surface area contributed by atoms with Crippen LogP contribution >= 0.6 is 10.0 Å². The van der Waals surface area contributed by atoms with Crippen LogP contribution in [0.1, 0.15) is 0 Å². The van der Waals surface area contributed by atoms with Gasteiger partial charge in [0.1, 0.15) is 6.73 Å². The molecule has 0 atom stereocenters. The van der Waals surface area contributed by atoms with Gasteiger partial charge >= 0.3 is 5.97 Å².